The van der Waals surface area contributed by atoms with Crippen LogP contribution in [-0.4, -0.2) is 37.2 Å². The molecule has 1 atom stereocenters. The molecule has 5 heteroatoms. The molecule has 0 saturated carbocycles. The van der Waals surface area contributed by atoms with E-state index < -0.39 is 15.4 Å². The molecule has 0 fully saturated rings. The summed E-state index contributed by atoms with van der Waals surface area (Å²) >= 11 is 0. The summed E-state index contributed by atoms with van der Waals surface area (Å²) in [6.07, 6.45) is 1.03. The second kappa shape index (κ2) is 4.93. The molecule has 0 rings (SSSR count). The Morgan fingerprint density at radius 1 is 1.38 bits per heavy atom. The van der Waals surface area contributed by atoms with Gasteiger partial charge in [0, 0.05) is 0 Å². The average molecular weight is 208 g/mol. The number of nitrogens with zero attached hydrogens (tertiary/aromatic N) is 1. The normalized spacial score (nSPS) is 15.3. The lowest BCUT2D eigenvalue weighted by Gasteiger charge is -2.27. The van der Waals surface area contributed by atoms with Crippen molar-refractivity contribution in [1.29, 1.82) is 0 Å². The van der Waals surface area contributed by atoms with Crippen LogP contribution >= 0.6 is 0 Å². The Bertz CT molecular complexity index is 236. The van der Waals surface area contributed by atoms with E-state index in [4.69, 9.17) is 4.55 Å². The van der Waals surface area contributed by atoms with Crippen molar-refractivity contribution in [2.45, 2.75) is 31.9 Å². The molecule has 1 N–H and O–H groups in total. The Morgan fingerprint density at radius 2 is 1.85 bits per heavy atom. The summed E-state index contributed by atoms with van der Waals surface area (Å²) in [6, 6.07) is 0.741. The van der Waals surface area contributed by atoms with Crippen LogP contribution in [0.1, 0.15) is 26.7 Å². The summed E-state index contributed by atoms with van der Waals surface area (Å²) in [5.41, 5.74) is 0. The quantitative estimate of drug-likeness (QED) is 0.689. The van der Waals surface area contributed by atoms with Gasteiger partial charge in [-0.3, -0.25) is 4.55 Å². The van der Waals surface area contributed by atoms with E-state index in [1.54, 1.807) is 25.9 Å². The summed E-state index contributed by atoms with van der Waals surface area (Å²) in [4.78, 5) is 1.75. The first-order valence-electron chi connectivity index (χ1n) is 4.33. The van der Waals surface area contributed by atoms with Gasteiger partial charge in [-0.1, -0.05) is 13.8 Å². The van der Waals surface area contributed by atoms with E-state index >= 15 is 0 Å². The summed E-state index contributed by atoms with van der Waals surface area (Å²) in [6.45, 7) is 3.63. The van der Waals surface area contributed by atoms with Crippen molar-refractivity contribution in [1.82, 2.24) is 4.90 Å². The van der Waals surface area contributed by atoms with Crippen LogP contribution in [-0.2, 0) is 10.1 Å². The molecule has 4 nitrogen and oxygen atoms in total. The molecular formula is C8H18NO3S. The molecule has 0 aromatic carbocycles. The van der Waals surface area contributed by atoms with Crippen LogP contribution in [0.5, 0.6) is 0 Å². The van der Waals surface area contributed by atoms with Gasteiger partial charge in [-0.25, -0.2) is 0 Å². The van der Waals surface area contributed by atoms with Crippen LogP contribution in [0.25, 0.3) is 0 Å². The maximum Gasteiger partial charge on any atom is 0.269 e. The fraction of sp³-hybridized carbons (Fsp3) is 0.875. The van der Waals surface area contributed by atoms with Gasteiger partial charge in [-0.05, 0) is 26.9 Å². The van der Waals surface area contributed by atoms with E-state index in [0.29, 0.717) is 12.8 Å². The van der Waals surface area contributed by atoms with E-state index in [9.17, 15) is 8.42 Å². The summed E-state index contributed by atoms with van der Waals surface area (Å²) in [5.74, 6) is 0. The fourth-order valence-electron chi connectivity index (χ4n) is 1.45. The van der Waals surface area contributed by atoms with E-state index in [0.717, 1.165) is 6.04 Å². The Labute approximate surface area is 80.7 Å². The largest absolute Gasteiger partial charge is 0.301 e. The minimum Gasteiger partial charge on any atom is -0.301 e. The lowest BCUT2D eigenvalue weighted by Crippen LogP contribution is -2.35. The van der Waals surface area contributed by atoms with Crippen LogP contribution in [0.3, 0.4) is 0 Å². The standard InChI is InChI=1S/C8H18NO3S/c1-5-7(9(3)4)8(6-2)13(10,11)12/h8H,5-6H2,1-4H3,(H,10,11,12). The van der Waals surface area contributed by atoms with Crippen LogP contribution in [0, 0.1) is 6.04 Å². The van der Waals surface area contributed by atoms with Crippen molar-refractivity contribution in [3.05, 3.63) is 6.04 Å². The zero-order chi connectivity index (χ0) is 10.6. The predicted octanol–water partition coefficient (Wildman–Crippen LogP) is 1.16. The van der Waals surface area contributed by atoms with E-state index in [-0.39, 0.29) is 0 Å². The van der Waals surface area contributed by atoms with Crippen molar-refractivity contribution in [2.24, 2.45) is 0 Å². The maximum atomic E-state index is 11.0. The second-order valence-electron chi connectivity index (χ2n) is 3.15. The van der Waals surface area contributed by atoms with Crippen LogP contribution in [0.2, 0.25) is 0 Å². The highest BCUT2D eigenvalue weighted by atomic mass is 32.2. The minimum absolute atomic E-state index is 0.403. The van der Waals surface area contributed by atoms with Gasteiger partial charge in [0.25, 0.3) is 10.1 Å². The van der Waals surface area contributed by atoms with Crippen molar-refractivity contribution in [3.63, 3.8) is 0 Å². The molecule has 0 aromatic heterocycles. The van der Waals surface area contributed by atoms with E-state index in [1.165, 1.54) is 0 Å². The highest BCUT2D eigenvalue weighted by molar-refractivity contribution is 7.86. The van der Waals surface area contributed by atoms with Gasteiger partial charge < -0.3 is 4.90 Å². The maximum absolute atomic E-state index is 11.0. The molecule has 0 saturated heterocycles. The first-order valence-corrected chi connectivity index (χ1v) is 5.84. The molecule has 1 unspecified atom stereocenters. The molecule has 0 aliphatic carbocycles. The molecule has 1 radical (unpaired) electrons. The van der Waals surface area contributed by atoms with Crippen molar-refractivity contribution >= 4 is 10.1 Å². The van der Waals surface area contributed by atoms with Crippen LogP contribution in [0.15, 0.2) is 0 Å². The average Bonchev–Trinajstić information content (AvgIpc) is 1.96. The van der Waals surface area contributed by atoms with Gasteiger partial charge in [0.1, 0.15) is 5.25 Å². The third kappa shape index (κ3) is 3.62. The monoisotopic (exact) mass is 208 g/mol. The van der Waals surface area contributed by atoms with E-state index in [2.05, 4.69) is 0 Å². The van der Waals surface area contributed by atoms with Crippen molar-refractivity contribution in [2.75, 3.05) is 14.1 Å². The third-order valence-corrected chi connectivity index (χ3v) is 3.36. The Kier molecular flexibility index (Phi) is 4.88. The molecule has 0 bridgehead atoms. The number of rotatable bonds is 5. The van der Waals surface area contributed by atoms with Gasteiger partial charge >= 0.3 is 0 Å². The molecule has 0 aliphatic rings. The molecule has 0 spiro atoms. The predicted molar refractivity (Wildman–Crippen MR) is 52.8 cm³/mol. The van der Waals surface area contributed by atoms with Crippen molar-refractivity contribution < 1.29 is 13.0 Å². The highest BCUT2D eigenvalue weighted by Gasteiger charge is 2.31. The van der Waals surface area contributed by atoms with Crippen LogP contribution in [0.4, 0.5) is 0 Å². The summed E-state index contributed by atoms with van der Waals surface area (Å²) in [7, 11) is -0.381. The Balaban J connectivity index is 4.74. The second-order valence-corrected chi connectivity index (χ2v) is 4.75. The van der Waals surface area contributed by atoms with Gasteiger partial charge in [0.05, 0.1) is 6.04 Å². The van der Waals surface area contributed by atoms with E-state index in [1.807, 2.05) is 6.92 Å². The highest BCUT2D eigenvalue weighted by Crippen LogP contribution is 2.22. The lowest BCUT2D eigenvalue weighted by atomic mass is 10.1. The molecule has 13 heavy (non-hydrogen) atoms. The Hall–Kier alpha value is -0.130. The summed E-state index contributed by atoms with van der Waals surface area (Å²) in [5, 5.41) is -0.757. The van der Waals surface area contributed by atoms with Crippen molar-refractivity contribution in [3.8, 4) is 0 Å². The molecule has 0 aromatic rings. The fourth-order valence-corrected chi connectivity index (χ4v) is 2.59. The first kappa shape index (κ1) is 12.9. The smallest absolute Gasteiger partial charge is 0.269 e. The molecule has 0 aliphatic heterocycles. The number of hydrogen-bond acceptors (Lipinski definition) is 3. The van der Waals surface area contributed by atoms with Gasteiger partial charge in [0.15, 0.2) is 0 Å². The summed E-state index contributed by atoms with van der Waals surface area (Å²) < 4.78 is 30.9. The van der Waals surface area contributed by atoms with Gasteiger partial charge in [-0.2, -0.15) is 8.42 Å². The van der Waals surface area contributed by atoms with Gasteiger partial charge in [0.2, 0.25) is 0 Å². The topological polar surface area (TPSA) is 57.6 Å². The third-order valence-electron chi connectivity index (χ3n) is 2.04. The van der Waals surface area contributed by atoms with Gasteiger partial charge in [-0.15, -0.1) is 0 Å². The SMILES string of the molecule is CC[C](C(CC)S(=O)(=O)O)N(C)C. The lowest BCUT2D eigenvalue weighted by molar-refractivity contribution is 0.361. The first-order chi connectivity index (χ1) is 5.84. The zero-order valence-corrected chi connectivity index (χ0v) is 9.43. The molecular weight excluding hydrogens is 190 g/mol. The molecule has 79 valence electrons. The molecule has 0 heterocycles. The van der Waals surface area contributed by atoms with Crippen LogP contribution < -0.4 is 0 Å². The zero-order valence-electron chi connectivity index (χ0n) is 8.61. The minimum atomic E-state index is -3.95. The molecule has 0 amide bonds. The Morgan fingerprint density at radius 3 is 1.92 bits per heavy atom. The number of hydrogen-bond donors (Lipinski definition) is 1.